The number of hydrogen-bond donors (Lipinski definition) is 3. The third-order valence-corrected chi connectivity index (χ3v) is 6.50. The second-order valence-electron chi connectivity index (χ2n) is 10.1. The van der Waals surface area contributed by atoms with E-state index in [9.17, 15) is 27.6 Å². The maximum absolute atomic E-state index is 13.8. The molecule has 2 aromatic rings. The molecule has 0 bridgehead atoms. The van der Waals surface area contributed by atoms with Crippen LogP contribution in [0.25, 0.3) is 5.82 Å². The lowest BCUT2D eigenvalue weighted by Gasteiger charge is -2.32. The Labute approximate surface area is 210 Å². The predicted molar refractivity (Wildman–Crippen MR) is 124 cm³/mol. The molecule has 0 aromatic carbocycles. The molecule has 37 heavy (non-hydrogen) atoms. The molecule has 2 heterocycles. The van der Waals surface area contributed by atoms with E-state index in [0.717, 1.165) is 23.7 Å². The summed E-state index contributed by atoms with van der Waals surface area (Å²) in [4.78, 5) is 45.0. The zero-order valence-electron chi connectivity index (χ0n) is 20.4. The first kappa shape index (κ1) is 26.5. The Balaban J connectivity index is 1.79. The molecule has 4 rings (SSSR count). The molecule has 1 saturated carbocycles. The quantitative estimate of drug-likeness (QED) is 0.481. The van der Waals surface area contributed by atoms with E-state index in [4.69, 9.17) is 16.2 Å². The second kappa shape index (κ2) is 9.72. The average molecular weight is 524 g/mol. The van der Waals surface area contributed by atoms with E-state index >= 15 is 0 Å². The molecule has 2 atom stereocenters. The van der Waals surface area contributed by atoms with E-state index in [1.807, 2.05) is 0 Å². The van der Waals surface area contributed by atoms with Crippen LogP contribution in [0.4, 0.5) is 19.0 Å². The van der Waals surface area contributed by atoms with Crippen molar-refractivity contribution in [1.29, 1.82) is 0 Å². The average Bonchev–Trinajstić information content (AvgIpc) is 3.19. The van der Waals surface area contributed by atoms with Crippen LogP contribution < -0.4 is 16.8 Å². The van der Waals surface area contributed by atoms with Crippen LogP contribution >= 0.6 is 0 Å². The summed E-state index contributed by atoms with van der Waals surface area (Å²) in [5, 5.41) is 6.76. The third-order valence-electron chi connectivity index (χ3n) is 6.50. The number of rotatable bonds is 6. The number of primary amides is 1. The molecular formula is C23H28F3N7O4. The summed E-state index contributed by atoms with van der Waals surface area (Å²) in [6.07, 6.45) is -1.56. The van der Waals surface area contributed by atoms with Gasteiger partial charge in [-0.05, 0) is 31.1 Å². The minimum absolute atomic E-state index is 0.0571. The maximum Gasteiger partial charge on any atom is 0.435 e. The van der Waals surface area contributed by atoms with Crippen LogP contribution in [0.5, 0.6) is 0 Å². The number of carbonyl (C=O) groups is 3. The van der Waals surface area contributed by atoms with Crippen molar-refractivity contribution in [2.24, 2.45) is 16.9 Å². The molecule has 0 radical (unpaired) electrons. The Bertz CT molecular complexity index is 1240. The number of ether oxygens (including phenoxy) is 1. The van der Waals surface area contributed by atoms with Crippen molar-refractivity contribution in [3.05, 3.63) is 28.8 Å². The summed E-state index contributed by atoms with van der Waals surface area (Å²) >= 11 is 0. The molecule has 1 amide bonds. The smallest absolute Gasteiger partial charge is 0.435 e. The van der Waals surface area contributed by atoms with E-state index in [-0.39, 0.29) is 42.4 Å². The number of ketones is 1. The number of esters is 1. The fourth-order valence-electron chi connectivity index (χ4n) is 4.89. The summed E-state index contributed by atoms with van der Waals surface area (Å²) < 4.78 is 47.8. The number of halogens is 3. The van der Waals surface area contributed by atoms with E-state index < -0.39 is 52.7 Å². The molecule has 14 heteroatoms. The van der Waals surface area contributed by atoms with Crippen molar-refractivity contribution in [3.8, 4) is 5.82 Å². The van der Waals surface area contributed by atoms with Crippen molar-refractivity contribution < 1.29 is 32.3 Å². The molecule has 5 N–H and O–H groups in total. The Morgan fingerprint density at radius 2 is 1.95 bits per heavy atom. The van der Waals surface area contributed by atoms with E-state index in [0.29, 0.717) is 12.8 Å². The van der Waals surface area contributed by atoms with E-state index in [1.165, 1.54) is 0 Å². The first-order chi connectivity index (χ1) is 17.3. The van der Waals surface area contributed by atoms with Crippen molar-refractivity contribution in [2.45, 2.75) is 70.7 Å². The molecule has 1 fully saturated rings. The minimum atomic E-state index is -4.86. The van der Waals surface area contributed by atoms with Crippen LogP contribution in [0.1, 0.15) is 78.2 Å². The third kappa shape index (κ3) is 5.43. The van der Waals surface area contributed by atoms with Crippen LogP contribution in [0.15, 0.2) is 6.20 Å². The number of alkyl halides is 3. The molecule has 2 aliphatic carbocycles. The predicted octanol–water partition coefficient (Wildman–Crippen LogP) is 2.16. The van der Waals surface area contributed by atoms with Gasteiger partial charge in [-0.3, -0.25) is 14.4 Å². The van der Waals surface area contributed by atoms with Crippen molar-refractivity contribution >= 4 is 23.5 Å². The highest BCUT2D eigenvalue weighted by Gasteiger charge is 2.45. The molecule has 2 aliphatic rings. The van der Waals surface area contributed by atoms with Gasteiger partial charge < -0.3 is 21.5 Å². The topological polar surface area (TPSA) is 168 Å². The molecular weight excluding hydrogens is 495 g/mol. The standard InChI is InChI=1S/C23H28F3N7O4/c1-22(2)7-12-17(13(34)8-22)19(23(24,25)26)32-33(12)15-10-29-18(20(28)36)21(31-15)30-11-5-3-4-6-14(11)37-16(35)9-27/h10-11,14H,3-9,27H2,1-2H3,(H2,28,36)(H,30,31). The Kier molecular flexibility index (Phi) is 6.97. The molecule has 2 aromatic heterocycles. The van der Waals surface area contributed by atoms with E-state index in [2.05, 4.69) is 20.4 Å². The van der Waals surface area contributed by atoms with Crippen molar-refractivity contribution in [2.75, 3.05) is 11.9 Å². The number of Topliss-reactive ketones (excluding diaryl/α,β-unsaturated/α-hetero) is 1. The van der Waals surface area contributed by atoms with Gasteiger partial charge in [0.15, 0.2) is 28.8 Å². The molecule has 0 saturated heterocycles. The van der Waals surface area contributed by atoms with Gasteiger partial charge in [0.1, 0.15) is 6.10 Å². The maximum atomic E-state index is 13.8. The second-order valence-corrected chi connectivity index (χ2v) is 10.1. The summed E-state index contributed by atoms with van der Waals surface area (Å²) in [7, 11) is 0. The number of carbonyl (C=O) groups excluding carboxylic acids is 3. The fourth-order valence-corrected chi connectivity index (χ4v) is 4.89. The van der Waals surface area contributed by atoms with Gasteiger partial charge in [-0.1, -0.05) is 20.3 Å². The lowest BCUT2D eigenvalue weighted by molar-refractivity contribution is -0.149. The number of fused-ring (bicyclic) bond motifs is 1. The van der Waals surface area contributed by atoms with Crippen molar-refractivity contribution in [3.63, 3.8) is 0 Å². The summed E-state index contributed by atoms with van der Waals surface area (Å²) in [5.74, 6) is -2.39. The number of nitrogens with zero attached hydrogens (tertiary/aromatic N) is 4. The lowest BCUT2D eigenvalue weighted by Crippen LogP contribution is -2.41. The first-order valence-corrected chi connectivity index (χ1v) is 11.9. The molecule has 0 aliphatic heterocycles. The molecule has 200 valence electrons. The van der Waals surface area contributed by atoms with Gasteiger partial charge in [-0.25, -0.2) is 14.6 Å². The Morgan fingerprint density at radius 3 is 2.59 bits per heavy atom. The summed E-state index contributed by atoms with van der Waals surface area (Å²) in [5.41, 5.74) is 8.27. The highest BCUT2D eigenvalue weighted by atomic mass is 19.4. The van der Waals surface area contributed by atoms with Gasteiger partial charge in [0.05, 0.1) is 30.0 Å². The minimum Gasteiger partial charge on any atom is -0.459 e. The van der Waals surface area contributed by atoms with Crippen molar-refractivity contribution in [1.82, 2.24) is 19.7 Å². The van der Waals surface area contributed by atoms with Gasteiger partial charge in [0.25, 0.3) is 5.91 Å². The lowest BCUT2D eigenvalue weighted by atomic mass is 9.75. The molecule has 11 nitrogen and oxygen atoms in total. The van der Waals surface area contributed by atoms with Crippen LogP contribution in [-0.4, -0.2) is 56.1 Å². The number of nitrogens with one attached hydrogen (secondary N) is 1. The Hall–Kier alpha value is -3.55. The van der Waals surface area contributed by atoms with Crippen LogP contribution in [0.2, 0.25) is 0 Å². The zero-order valence-corrected chi connectivity index (χ0v) is 20.4. The van der Waals surface area contributed by atoms with Gasteiger partial charge >= 0.3 is 12.1 Å². The summed E-state index contributed by atoms with van der Waals surface area (Å²) in [6.45, 7) is 3.25. The normalized spacial score (nSPS) is 21.3. The number of nitrogens with two attached hydrogens (primary N) is 2. The Morgan fingerprint density at radius 1 is 1.24 bits per heavy atom. The van der Waals surface area contributed by atoms with Crippen LogP contribution in [-0.2, 0) is 22.1 Å². The first-order valence-electron chi connectivity index (χ1n) is 11.9. The largest absolute Gasteiger partial charge is 0.459 e. The molecule has 2 unspecified atom stereocenters. The number of aromatic nitrogens is 4. The highest BCUT2D eigenvalue weighted by molar-refractivity contribution is 6.00. The fraction of sp³-hybridized carbons (Fsp3) is 0.565. The molecule has 0 spiro atoms. The van der Waals surface area contributed by atoms with Gasteiger partial charge in [-0.2, -0.15) is 18.3 Å². The van der Waals surface area contributed by atoms with Crippen LogP contribution in [0.3, 0.4) is 0 Å². The van der Waals surface area contributed by atoms with Crippen LogP contribution in [0, 0.1) is 5.41 Å². The SMILES string of the molecule is CC1(C)CC(=O)c2c(C(F)(F)F)nn(-c3cnc(C(N)=O)c(NC4CCCCC4OC(=O)CN)n3)c2C1. The van der Waals surface area contributed by atoms with E-state index in [1.54, 1.807) is 13.8 Å². The number of amides is 1. The summed E-state index contributed by atoms with van der Waals surface area (Å²) in [6, 6.07) is -0.468. The monoisotopic (exact) mass is 523 g/mol. The number of hydrogen-bond acceptors (Lipinski definition) is 9. The van der Waals surface area contributed by atoms with Gasteiger partial charge in [-0.15, -0.1) is 0 Å². The number of anilines is 1. The van der Waals surface area contributed by atoms with Gasteiger partial charge in [0, 0.05) is 6.42 Å². The highest BCUT2D eigenvalue weighted by Crippen LogP contribution is 2.41. The zero-order chi connectivity index (χ0) is 27.1. The van der Waals surface area contributed by atoms with Gasteiger partial charge in [0.2, 0.25) is 0 Å².